The molecule has 0 radical (unpaired) electrons. The van der Waals surface area contributed by atoms with E-state index >= 15 is 0 Å². The molecule has 0 spiro atoms. The van der Waals surface area contributed by atoms with Crippen LogP contribution in [0.4, 0.5) is 22.7 Å². The molecular weight excluding hydrogens is 679 g/mol. The van der Waals surface area contributed by atoms with Gasteiger partial charge in [-0.2, -0.15) is 0 Å². The minimum Gasteiger partial charge on any atom is -0.423 e. The minimum atomic E-state index is -1.40. The van der Waals surface area contributed by atoms with Crippen molar-refractivity contribution in [1.82, 2.24) is 0 Å². The summed E-state index contributed by atoms with van der Waals surface area (Å²) in [5.74, 6) is 0. The smallest absolute Gasteiger partial charge is 0.423 e. The second kappa shape index (κ2) is 17.1. The van der Waals surface area contributed by atoms with Crippen LogP contribution in [0.3, 0.4) is 0 Å². The molecule has 0 atom stereocenters. The zero-order chi connectivity index (χ0) is 34.5. The van der Waals surface area contributed by atoms with Gasteiger partial charge in [0.2, 0.25) is 0 Å². The number of para-hydroxylation sites is 2. The molecule has 0 bridgehead atoms. The Morgan fingerprint density at radius 1 is 0.380 bits per heavy atom. The fourth-order valence-electron chi connectivity index (χ4n) is 5.60. The first-order chi connectivity index (χ1) is 24.5. The molecular formula is C44H36BBrN2O2. The summed E-state index contributed by atoms with van der Waals surface area (Å²) in [6.07, 6.45) is 0. The van der Waals surface area contributed by atoms with E-state index in [9.17, 15) is 0 Å². The number of nitrogens with one attached hydrogen (secondary N) is 2. The predicted molar refractivity (Wildman–Crippen MR) is 217 cm³/mol. The molecule has 0 aliphatic heterocycles. The molecule has 0 fully saturated rings. The van der Waals surface area contributed by atoms with Crippen molar-refractivity contribution in [2.24, 2.45) is 0 Å². The first kappa shape index (κ1) is 34.2. The van der Waals surface area contributed by atoms with E-state index < -0.39 is 7.12 Å². The summed E-state index contributed by atoms with van der Waals surface area (Å²) in [6.45, 7) is 0. The maximum Gasteiger partial charge on any atom is 0.489 e. The van der Waals surface area contributed by atoms with Gasteiger partial charge in [0.1, 0.15) is 0 Å². The third-order valence-electron chi connectivity index (χ3n) is 8.06. The van der Waals surface area contributed by atoms with Gasteiger partial charge in [-0.1, -0.05) is 149 Å². The number of hydrogen-bond acceptors (Lipinski definition) is 4. The van der Waals surface area contributed by atoms with E-state index in [-0.39, 0.29) is 0 Å². The Kier molecular flexibility index (Phi) is 11.7. The highest BCUT2D eigenvalue weighted by molar-refractivity contribution is 9.10. The lowest BCUT2D eigenvalue weighted by molar-refractivity contribution is 0.426. The lowest BCUT2D eigenvalue weighted by atomic mass is 9.77. The SMILES string of the molecule is Brc1ccc(Nc2ccccc2)cc1.OB(O)c1cccc2ccccc12.c1ccc(Nc2ccc(-c3cccc4ccccc34)cc2)cc1. The monoisotopic (exact) mass is 714 g/mol. The van der Waals surface area contributed by atoms with Crippen LogP contribution in [0.15, 0.2) is 199 Å². The molecule has 8 rings (SSSR count). The van der Waals surface area contributed by atoms with Gasteiger partial charge in [0.15, 0.2) is 0 Å². The number of benzene rings is 8. The Balaban J connectivity index is 0.000000138. The Labute approximate surface area is 302 Å². The molecule has 0 aliphatic carbocycles. The number of anilines is 4. The number of fused-ring (bicyclic) bond motifs is 2. The Hall–Kier alpha value is -5.66. The van der Waals surface area contributed by atoms with Crippen molar-refractivity contribution < 1.29 is 10.0 Å². The van der Waals surface area contributed by atoms with Crippen molar-refractivity contribution >= 4 is 72.8 Å². The van der Waals surface area contributed by atoms with Crippen LogP contribution in [0.1, 0.15) is 0 Å². The lowest BCUT2D eigenvalue weighted by Gasteiger charge is -2.09. The van der Waals surface area contributed by atoms with Gasteiger partial charge in [0.25, 0.3) is 0 Å². The number of rotatable bonds is 6. The minimum absolute atomic E-state index is 0.554. The van der Waals surface area contributed by atoms with Crippen molar-refractivity contribution in [1.29, 1.82) is 0 Å². The fraction of sp³-hybridized carbons (Fsp3) is 0. The maximum atomic E-state index is 9.08. The maximum absolute atomic E-state index is 9.08. The van der Waals surface area contributed by atoms with E-state index in [0.717, 1.165) is 38.0 Å². The largest absolute Gasteiger partial charge is 0.489 e. The van der Waals surface area contributed by atoms with Crippen molar-refractivity contribution in [3.63, 3.8) is 0 Å². The lowest BCUT2D eigenvalue weighted by Crippen LogP contribution is -2.30. The quantitative estimate of drug-likeness (QED) is 0.129. The van der Waals surface area contributed by atoms with Crippen LogP contribution in [0.5, 0.6) is 0 Å². The van der Waals surface area contributed by atoms with Crippen LogP contribution >= 0.6 is 15.9 Å². The summed E-state index contributed by atoms with van der Waals surface area (Å²) in [6, 6.07) is 65.2. The molecule has 244 valence electrons. The number of halogens is 1. The Bertz CT molecular complexity index is 2240. The van der Waals surface area contributed by atoms with E-state index in [0.29, 0.717) is 5.46 Å². The molecule has 0 saturated heterocycles. The first-order valence-electron chi connectivity index (χ1n) is 16.4. The molecule has 8 aromatic rings. The summed E-state index contributed by atoms with van der Waals surface area (Å²) < 4.78 is 1.09. The average Bonchev–Trinajstić information content (AvgIpc) is 3.17. The van der Waals surface area contributed by atoms with Gasteiger partial charge in [-0.3, -0.25) is 0 Å². The Morgan fingerprint density at radius 2 is 0.800 bits per heavy atom. The van der Waals surface area contributed by atoms with Gasteiger partial charge < -0.3 is 20.7 Å². The van der Waals surface area contributed by atoms with Gasteiger partial charge in [0.05, 0.1) is 0 Å². The van der Waals surface area contributed by atoms with E-state index in [1.807, 2.05) is 109 Å². The van der Waals surface area contributed by atoms with E-state index in [2.05, 4.69) is 105 Å². The zero-order valence-electron chi connectivity index (χ0n) is 27.3. The molecule has 4 N–H and O–H groups in total. The van der Waals surface area contributed by atoms with Gasteiger partial charge in [0, 0.05) is 27.2 Å². The molecule has 6 heteroatoms. The predicted octanol–water partition coefficient (Wildman–Crippen LogP) is 11.0. The molecule has 0 aromatic heterocycles. The van der Waals surface area contributed by atoms with Gasteiger partial charge >= 0.3 is 7.12 Å². The second-order valence-corrected chi connectivity index (χ2v) is 12.5. The highest BCUT2D eigenvalue weighted by atomic mass is 79.9. The van der Waals surface area contributed by atoms with Gasteiger partial charge in [-0.05, 0) is 98.8 Å². The van der Waals surface area contributed by atoms with Crippen molar-refractivity contribution in [2.45, 2.75) is 0 Å². The first-order valence-corrected chi connectivity index (χ1v) is 17.1. The molecule has 50 heavy (non-hydrogen) atoms. The summed E-state index contributed by atoms with van der Waals surface area (Å²) in [5, 5.41) is 29.4. The highest BCUT2D eigenvalue weighted by Gasteiger charge is 2.13. The molecule has 0 saturated carbocycles. The summed E-state index contributed by atoms with van der Waals surface area (Å²) in [4.78, 5) is 0. The molecule has 0 amide bonds. The third-order valence-corrected chi connectivity index (χ3v) is 8.58. The van der Waals surface area contributed by atoms with Crippen LogP contribution in [0.2, 0.25) is 0 Å². The second-order valence-electron chi connectivity index (χ2n) is 11.5. The summed E-state index contributed by atoms with van der Waals surface area (Å²) in [5.41, 5.74) is 7.47. The van der Waals surface area contributed by atoms with Crippen molar-refractivity contribution in [3.8, 4) is 11.1 Å². The van der Waals surface area contributed by atoms with E-state index in [1.165, 1.54) is 21.9 Å². The third kappa shape index (κ3) is 9.27. The van der Waals surface area contributed by atoms with Crippen molar-refractivity contribution in [2.75, 3.05) is 10.6 Å². The summed E-state index contributed by atoms with van der Waals surface area (Å²) >= 11 is 3.40. The van der Waals surface area contributed by atoms with Crippen molar-refractivity contribution in [3.05, 3.63) is 199 Å². The van der Waals surface area contributed by atoms with E-state index in [1.54, 1.807) is 6.07 Å². The van der Waals surface area contributed by atoms with Crippen LogP contribution in [-0.4, -0.2) is 17.2 Å². The molecule has 0 heterocycles. The normalized spacial score (nSPS) is 10.3. The van der Waals surface area contributed by atoms with Crippen LogP contribution < -0.4 is 16.1 Å². The van der Waals surface area contributed by atoms with Crippen LogP contribution in [0.25, 0.3) is 32.7 Å². The molecule has 4 nitrogen and oxygen atoms in total. The standard InChI is InChI=1S/C22H17N.C12H10BrN.C10H9BO2/c1-2-9-19(10-3-1)23-20-15-13-18(14-16-20)22-12-6-8-17-7-4-5-11-21(17)22;13-10-6-8-12(9-7-10)14-11-4-2-1-3-5-11;12-11(13)10-7-3-5-8-4-1-2-6-9(8)10/h1-16,23H;1-9,14H;1-7,12-13H. The average molecular weight is 716 g/mol. The Morgan fingerprint density at radius 3 is 1.36 bits per heavy atom. The molecule has 0 aliphatic rings. The zero-order valence-corrected chi connectivity index (χ0v) is 28.9. The fourth-order valence-corrected chi connectivity index (χ4v) is 5.86. The summed E-state index contributed by atoms with van der Waals surface area (Å²) in [7, 11) is -1.40. The van der Waals surface area contributed by atoms with Gasteiger partial charge in [-0.15, -0.1) is 0 Å². The molecule has 8 aromatic carbocycles. The van der Waals surface area contributed by atoms with Crippen LogP contribution in [0, 0.1) is 0 Å². The van der Waals surface area contributed by atoms with E-state index in [4.69, 9.17) is 10.0 Å². The number of hydrogen-bond donors (Lipinski definition) is 4. The van der Waals surface area contributed by atoms with Crippen LogP contribution in [-0.2, 0) is 0 Å². The molecule has 0 unspecified atom stereocenters. The topological polar surface area (TPSA) is 64.5 Å². The highest BCUT2D eigenvalue weighted by Crippen LogP contribution is 2.30. The van der Waals surface area contributed by atoms with Gasteiger partial charge in [-0.25, -0.2) is 0 Å².